The number of anilines is 1. The Morgan fingerprint density at radius 2 is 2.00 bits per heavy atom. The topological polar surface area (TPSA) is 96.9 Å². The van der Waals surface area contributed by atoms with Gasteiger partial charge in [-0.05, 0) is 49.2 Å². The highest BCUT2D eigenvalue weighted by atomic mass is 32.2. The van der Waals surface area contributed by atoms with Crippen molar-refractivity contribution in [2.45, 2.75) is 26.0 Å². The summed E-state index contributed by atoms with van der Waals surface area (Å²) < 4.78 is 31.5. The summed E-state index contributed by atoms with van der Waals surface area (Å²) in [5, 5.41) is 0.801. The van der Waals surface area contributed by atoms with E-state index in [1.807, 2.05) is 24.3 Å². The normalized spacial score (nSPS) is 14.3. The average Bonchev–Trinajstić information content (AvgIpc) is 3.35. The van der Waals surface area contributed by atoms with Gasteiger partial charge in [0, 0.05) is 13.6 Å². The minimum absolute atomic E-state index is 0.285. The van der Waals surface area contributed by atoms with Crippen LogP contribution in [0.3, 0.4) is 0 Å². The second-order valence-electron chi connectivity index (χ2n) is 7.75. The number of thiazole rings is 1. The third-order valence-corrected chi connectivity index (χ3v) is 7.49. The maximum Gasteiger partial charge on any atom is 0.338 e. The number of aromatic nitrogens is 1. The Hall–Kier alpha value is -2.98. The molecule has 0 fully saturated rings. The highest BCUT2D eigenvalue weighted by Gasteiger charge is 2.28. The molecule has 8 nitrogen and oxygen atoms in total. The Balaban J connectivity index is 1.40. The Kier molecular flexibility index (Phi) is 5.91. The minimum Gasteiger partial charge on any atom is -0.449 e. The fourth-order valence-corrected chi connectivity index (χ4v) is 5.68. The summed E-state index contributed by atoms with van der Waals surface area (Å²) in [6.45, 7) is 2.20. The number of sulfonamides is 1. The summed E-state index contributed by atoms with van der Waals surface area (Å²) in [6, 6.07) is 12.5. The van der Waals surface area contributed by atoms with Crippen LogP contribution in [0.25, 0.3) is 10.2 Å². The molecule has 0 aliphatic carbocycles. The van der Waals surface area contributed by atoms with Crippen molar-refractivity contribution in [2.75, 3.05) is 24.2 Å². The number of carbonyl (C=O) groups is 2. The molecule has 32 heavy (non-hydrogen) atoms. The molecule has 2 aromatic carbocycles. The number of ether oxygens (including phenoxy) is 1. The summed E-state index contributed by atoms with van der Waals surface area (Å²) in [6.07, 6.45) is 0.702. The van der Waals surface area contributed by atoms with E-state index in [1.165, 1.54) is 33.5 Å². The molecule has 1 aliphatic rings. The number of carbonyl (C=O) groups excluding carboxylic acids is 2. The number of rotatable bonds is 6. The molecule has 3 aromatic rings. The van der Waals surface area contributed by atoms with Crippen LogP contribution in [0.1, 0.15) is 27.9 Å². The van der Waals surface area contributed by atoms with Crippen molar-refractivity contribution in [1.82, 2.24) is 9.88 Å². The molecule has 1 unspecified atom stereocenters. The van der Waals surface area contributed by atoms with Gasteiger partial charge >= 0.3 is 5.97 Å². The third kappa shape index (κ3) is 4.46. The van der Waals surface area contributed by atoms with Crippen LogP contribution in [0, 0.1) is 0 Å². The molecule has 1 amide bonds. The average molecular weight is 474 g/mol. The lowest BCUT2D eigenvalue weighted by Crippen LogP contribution is -2.37. The first-order chi connectivity index (χ1) is 15.1. The molecule has 2 heterocycles. The molecule has 168 valence electrons. The van der Waals surface area contributed by atoms with Crippen LogP contribution in [0.4, 0.5) is 5.69 Å². The lowest BCUT2D eigenvalue weighted by molar-refractivity contribution is -0.139. The second kappa shape index (κ2) is 8.51. The lowest BCUT2D eigenvalue weighted by Gasteiger charge is -2.21. The van der Waals surface area contributed by atoms with Crippen LogP contribution in [-0.4, -0.2) is 56.1 Å². The standard InChI is InChI=1S/C22H23N3O5S2/c1-14(21(26)24(2)13-20-23-17-6-4-5-7-19(17)31-20)30-22(27)16-8-9-18-15(12-16)10-11-25(18)32(3,28)29/h4-9,12,14H,10-11,13H2,1-3H3. The number of hydrogen-bond acceptors (Lipinski definition) is 7. The largest absolute Gasteiger partial charge is 0.449 e. The summed E-state index contributed by atoms with van der Waals surface area (Å²) >= 11 is 1.52. The van der Waals surface area contributed by atoms with Gasteiger partial charge in [0.15, 0.2) is 6.10 Å². The van der Waals surface area contributed by atoms with E-state index < -0.39 is 22.1 Å². The molecule has 0 N–H and O–H groups in total. The smallest absolute Gasteiger partial charge is 0.338 e. The molecule has 10 heteroatoms. The van der Waals surface area contributed by atoms with Crippen LogP contribution in [0.5, 0.6) is 0 Å². The Morgan fingerprint density at radius 1 is 1.25 bits per heavy atom. The van der Waals surface area contributed by atoms with Gasteiger partial charge in [-0.15, -0.1) is 11.3 Å². The number of benzene rings is 2. The van der Waals surface area contributed by atoms with Crippen molar-refractivity contribution < 1.29 is 22.7 Å². The molecule has 0 saturated carbocycles. The van der Waals surface area contributed by atoms with Gasteiger partial charge in [0.25, 0.3) is 5.91 Å². The predicted octanol–water partition coefficient (Wildman–Crippen LogP) is 2.82. The van der Waals surface area contributed by atoms with E-state index in [-0.39, 0.29) is 11.5 Å². The first kappa shape index (κ1) is 22.2. The maximum atomic E-state index is 12.7. The van der Waals surface area contributed by atoms with Crippen molar-refractivity contribution in [2.24, 2.45) is 0 Å². The van der Waals surface area contributed by atoms with Crippen molar-refractivity contribution in [3.63, 3.8) is 0 Å². The number of hydrogen-bond donors (Lipinski definition) is 0. The van der Waals surface area contributed by atoms with Gasteiger partial charge < -0.3 is 9.64 Å². The van der Waals surface area contributed by atoms with Crippen LogP contribution in [-0.2, 0) is 32.5 Å². The van der Waals surface area contributed by atoms with Gasteiger partial charge in [0.2, 0.25) is 10.0 Å². The number of likely N-dealkylation sites (N-methyl/N-ethyl adjacent to an activating group) is 1. The SMILES string of the molecule is CC(OC(=O)c1ccc2c(c1)CCN2S(C)(=O)=O)C(=O)N(C)Cc1nc2ccccc2s1. The van der Waals surface area contributed by atoms with Crippen LogP contribution in [0.2, 0.25) is 0 Å². The molecular weight excluding hydrogens is 450 g/mol. The lowest BCUT2D eigenvalue weighted by atomic mass is 10.1. The van der Waals surface area contributed by atoms with E-state index >= 15 is 0 Å². The first-order valence-corrected chi connectivity index (χ1v) is 12.7. The van der Waals surface area contributed by atoms with Gasteiger partial charge in [-0.1, -0.05) is 12.1 Å². The number of nitrogens with zero attached hydrogens (tertiary/aromatic N) is 3. The number of para-hydroxylation sites is 1. The fraction of sp³-hybridized carbons (Fsp3) is 0.318. The highest BCUT2D eigenvalue weighted by Crippen LogP contribution is 2.31. The minimum atomic E-state index is -3.36. The van der Waals surface area contributed by atoms with Crippen LogP contribution < -0.4 is 4.31 Å². The van der Waals surface area contributed by atoms with Crippen molar-refractivity contribution in [1.29, 1.82) is 0 Å². The quantitative estimate of drug-likeness (QED) is 0.511. The number of esters is 1. The van der Waals surface area contributed by atoms with Crippen molar-refractivity contribution >= 4 is 49.1 Å². The fourth-order valence-electron chi connectivity index (χ4n) is 3.70. The molecule has 1 atom stereocenters. The predicted molar refractivity (Wildman–Crippen MR) is 123 cm³/mol. The van der Waals surface area contributed by atoms with Crippen LogP contribution in [0.15, 0.2) is 42.5 Å². The van der Waals surface area contributed by atoms with E-state index in [0.29, 0.717) is 25.2 Å². The second-order valence-corrected chi connectivity index (χ2v) is 10.8. The monoisotopic (exact) mass is 473 g/mol. The van der Waals surface area contributed by atoms with E-state index in [1.54, 1.807) is 19.2 Å². The zero-order valence-corrected chi connectivity index (χ0v) is 19.6. The Bertz CT molecular complexity index is 1270. The van der Waals surface area contributed by atoms with Crippen molar-refractivity contribution in [3.05, 3.63) is 58.6 Å². The van der Waals surface area contributed by atoms with Gasteiger partial charge in [-0.25, -0.2) is 18.2 Å². The summed E-state index contributed by atoms with van der Waals surface area (Å²) in [4.78, 5) is 31.3. The summed E-state index contributed by atoms with van der Waals surface area (Å²) in [5.74, 6) is -0.957. The van der Waals surface area contributed by atoms with E-state index in [2.05, 4.69) is 4.98 Å². The molecule has 0 spiro atoms. The van der Waals surface area contributed by atoms with E-state index in [9.17, 15) is 18.0 Å². The summed E-state index contributed by atoms with van der Waals surface area (Å²) in [7, 11) is -1.71. The molecule has 0 bridgehead atoms. The number of amides is 1. The molecule has 0 saturated heterocycles. The van der Waals surface area contributed by atoms with Gasteiger partial charge in [0.05, 0.1) is 34.3 Å². The third-order valence-electron chi connectivity index (χ3n) is 5.29. The van der Waals surface area contributed by atoms with E-state index in [4.69, 9.17) is 4.74 Å². The van der Waals surface area contributed by atoms with Crippen molar-refractivity contribution in [3.8, 4) is 0 Å². The molecule has 4 rings (SSSR count). The van der Waals surface area contributed by atoms with Gasteiger partial charge in [-0.2, -0.15) is 0 Å². The molecule has 1 aromatic heterocycles. The molecule has 1 aliphatic heterocycles. The zero-order chi connectivity index (χ0) is 23.0. The summed E-state index contributed by atoms with van der Waals surface area (Å²) in [5.41, 5.74) is 2.51. The highest BCUT2D eigenvalue weighted by molar-refractivity contribution is 7.92. The zero-order valence-electron chi connectivity index (χ0n) is 17.9. The molecular formula is C22H23N3O5S2. The molecule has 0 radical (unpaired) electrons. The maximum absolute atomic E-state index is 12.7. The van der Waals surface area contributed by atoms with Gasteiger partial charge in [0.1, 0.15) is 5.01 Å². The number of fused-ring (bicyclic) bond motifs is 2. The Morgan fingerprint density at radius 3 is 2.72 bits per heavy atom. The Labute approximate surface area is 190 Å². The first-order valence-electron chi connectivity index (χ1n) is 10.0. The van der Waals surface area contributed by atoms with E-state index in [0.717, 1.165) is 27.0 Å². The van der Waals surface area contributed by atoms with Crippen LogP contribution >= 0.6 is 11.3 Å². The van der Waals surface area contributed by atoms with Gasteiger partial charge in [-0.3, -0.25) is 9.10 Å².